The van der Waals surface area contributed by atoms with Gasteiger partial charge in [-0.1, -0.05) is 0 Å². The minimum Gasteiger partial charge on any atom is -0.494 e. The number of amides is 1. The van der Waals surface area contributed by atoms with Gasteiger partial charge in [0.25, 0.3) is 0 Å². The van der Waals surface area contributed by atoms with E-state index in [1.165, 1.54) is 25.4 Å². The molecule has 7 nitrogen and oxygen atoms in total. The second-order valence-electron chi connectivity index (χ2n) is 8.81. The molecular formula is C26H33F2N5O2. The highest BCUT2D eigenvalue weighted by Crippen LogP contribution is 2.45. The number of carbonyl (C=O) groups is 1. The highest BCUT2D eigenvalue weighted by molar-refractivity contribution is 5.78. The summed E-state index contributed by atoms with van der Waals surface area (Å²) in [6.45, 7) is 7.54. The molecule has 1 aliphatic rings. The molecule has 9 heteroatoms. The molecule has 188 valence electrons. The van der Waals surface area contributed by atoms with Crippen LogP contribution in [0.25, 0.3) is 0 Å². The van der Waals surface area contributed by atoms with E-state index in [0.29, 0.717) is 38.0 Å². The first kappa shape index (κ1) is 26.4. The molecule has 3 rings (SSSR count). The number of nitrogens with zero attached hydrogens (tertiary/aromatic N) is 4. The van der Waals surface area contributed by atoms with Crippen LogP contribution >= 0.6 is 0 Å². The number of carbonyl (C=O) groups excluding carboxylic acids is 1. The van der Waals surface area contributed by atoms with Crippen molar-refractivity contribution in [2.75, 3.05) is 38.2 Å². The van der Waals surface area contributed by atoms with Crippen LogP contribution in [0.15, 0.2) is 30.5 Å². The highest BCUT2D eigenvalue weighted by Gasteiger charge is 2.43. The third-order valence-corrected chi connectivity index (χ3v) is 6.80. The Hall–Kier alpha value is -3.25. The Bertz CT molecular complexity index is 1070. The van der Waals surface area contributed by atoms with Gasteiger partial charge in [0.05, 0.1) is 19.2 Å². The zero-order valence-electron chi connectivity index (χ0n) is 20.8. The number of aromatic nitrogens is 1. The second-order valence-corrected chi connectivity index (χ2v) is 8.81. The van der Waals surface area contributed by atoms with Crippen LogP contribution in [0, 0.1) is 23.0 Å². The van der Waals surface area contributed by atoms with E-state index in [1.807, 2.05) is 20.8 Å². The molecule has 0 aliphatic heterocycles. The average Bonchev–Trinajstić information content (AvgIpc) is 2.84. The Kier molecular flexibility index (Phi) is 8.62. The van der Waals surface area contributed by atoms with Crippen LogP contribution in [-0.4, -0.2) is 55.1 Å². The van der Waals surface area contributed by atoms with Gasteiger partial charge in [0.2, 0.25) is 5.91 Å². The summed E-state index contributed by atoms with van der Waals surface area (Å²) in [5.74, 6) is -0.781. The fourth-order valence-corrected chi connectivity index (χ4v) is 4.68. The van der Waals surface area contributed by atoms with Crippen molar-refractivity contribution in [3.8, 4) is 11.8 Å². The predicted molar refractivity (Wildman–Crippen MR) is 130 cm³/mol. The first-order valence-electron chi connectivity index (χ1n) is 12.0. The van der Waals surface area contributed by atoms with Crippen LogP contribution in [0.1, 0.15) is 51.2 Å². The summed E-state index contributed by atoms with van der Waals surface area (Å²) in [5, 5.41) is 12.2. The summed E-state index contributed by atoms with van der Waals surface area (Å²) < 4.78 is 34.7. The zero-order chi connectivity index (χ0) is 25.6. The van der Waals surface area contributed by atoms with Gasteiger partial charge in [0, 0.05) is 43.0 Å². The maximum Gasteiger partial charge on any atom is 0.236 e. The van der Waals surface area contributed by atoms with Gasteiger partial charge < -0.3 is 14.5 Å². The standard InChI is InChI=1S/C26H33F2N5O2/c1-5-32(17-18(3)33(6-2)22-11-8-19(14-29)15-30-22)23(34)16-31-26(12-7-13-26)24-20(27)9-10-21(35-4)25(24)28/h8-11,15,18,31H,5-7,12-13,16-17H2,1-4H3. The molecule has 35 heavy (non-hydrogen) atoms. The van der Waals surface area contributed by atoms with Crippen LogP contribution in [0.4, 0.5) is 14.6 Å². The van der Waals surface area contributed by atoms with Crippen molar-refractivity contribution in [1.29, 1.82) is 5.26 Å². The van der Waals surface area contributed by atoms with E-state index in [2.05, 4.69) is 21.3 Å². The first-order chi connectivity index (χ1) is 16.8. The first-order valence-corrected chi connectivity index (χ1v) is 12.0. The lowest BCUT2D eigenvalue weighted by molar-refractivity contribution is -0.131. The fourth-order valence-electron chi connectivity index (χ4n) is 4.68. The summed E-state index contributed by atoms with van der Waals surface area (Å²) >= 11 is 0. The van der Waals surface area contributed by atoms with E-state index in [-0.39, 0.29) is 29.8 Å². The lowest BCUT2D eigenvalue weighted by Crippen LogP contribution is -2.54. The number of methoxy groups -OCH3 is 1. The van der Waals surface area contributed by atoms with E-state index < -0.39 is 17.2 Å². The van der Waals surface area contributed by atoms with Crippen LogP contribution in [0.5, 0.6) is 5.75 Å². The SMILES string of the molecule is CCN(CC(C)N(CC)c1ccc(C#N)cn1)C(=O)CNC1(c2c(F)ccc(OC)c2F)CCC1. The molecule has 1 N–H and O–H groups in total. The topological polar surface area (TPSA) is 81.5 Å². The average molecular weight is 486 g/mol. The number of benzene rings is 1. The van der Waals surface area contributed by atoms with Crippen molar-refractivity contribution in [3.63, 3.8) is 0 Å². The molecule has 1 heterocycles. The Balaban J connectivity index is 1.69. The number of nitriles is 1. The molecule has 0 spiro atoms. The summed E-state index contributed by atoms with van der Waals surface area (Å²) in [7, 11) is 1.35. The maximum atomic E-state index is 15.0. The quantitative estimate of drug-likeness (QED) is 0.519. The Morgan fingerprint density at radius 1 is 1.26 bits per heavy atom. The minimum absolute atomic E-state index is 0.0131. The summed E-state index contributed by atoms with van der Waals surface area (Å²) in [6.07, 6.45) is 3.43. The number of anilines is 1. The lowest BCUT2D eigenvalue weighted by atomic mass is 9.71. The highest BCUT2D eigenvalue weighted by atomic mass is 19.1. The Labute approximate surface area is 205 Å². The number of pyridine rings is 1. The van der Waals surface area contributed by atoms with Gasteiger partial charge in [-0.2, -0.15) is 5.26 Å². The number of nitrogens with one attached hydrogen (secondary N) is 1. The molecule has 1 aromatic heterocycles. The molecule has 1 atom stereocenters. The van der Waals surface area contributed by atoms with Gasteiger partial charge in [-0.3, -0.25) is 10.1 Å². The van der Waals surface area contributed by atoms with Gasteiger partial charge in [0.15, 0.2) is 11.6 Å². The Morgan fingerprint density at radius 2 is 2.00 bits per heavy atom. The molecule has 2 aromatic rings. The smallest absolute Gasteiger partial charge is 0.236 e. The third-order valence-electron chi connectivity index (χ3n) is 6.80. The van der Waals surface area contributed by atoms with E-state index in [4.69, 9.17) is 10.00 Å². The maximum absolute atomic E-state index is 15.0. The van der Waals surface area contributed by atoms with Crippen molar-refractivity contribution in [2.45, 2.75) is 51.6 Å². The molecule has 1 saturated carbocycles. The van der Waals surface area contributed by atoms with Crippen LogP contribution in [0.2, 0.25) is 0 Å². The van der Waals surface area contributed by atoms with Gasteiger partial charge in [0.1, 0.15) is 17.7 Å². The lowest BCUT2D eigenvalue weighted by Gasteiger charge is -2.44. The fraction of sp³-hybridized carbons (Fsp3) is 0.500. The summed E-state index contributed by atoms with van der Waals surface area (Å²) in [4.78, 5) is 21.3. The van der Waals surface area contributed by atoms with Crippen molar-refractivity contribution in [3.05, 3.63) is 53.2 Å². The summed E-state index contributed by atoms with van der Waals surface area (Å²) in [5.41, 5.74) is -0.496. The van der Waals surface area contributed by atoms with Crippen molar-refractivity contribution in [2.24, 2.45) is 0 Å². The molecule has 1 aliphatic carbocycles. The van der Waals surface area contributed by atoms with Gasteiger partial charge in [-0.25, -0.2) is 13.8 Å². The molecule has 1 unspecified atom stereocenters. The molecule has 1 fully saturated rings. The number of hydrogen-bond donors (Lipinski definition) is 1. The molecule has 1 amide bonds. The van der Waals surface area contributed by atoms with E-state index >= 15 is 0 Å². The second kappa shape index (κ2) is 11.5. The van der Waals surface area contributed by atoms with E-state index in [1.54, 1.807) is 17.0 Å². The molecule has 0 bridgehead atoms. The van der Waals surface area contributed by atoms with Gasteiger partial charge >= 0.3 is 0 Å². The van der Waals surface area contributed by atoms with E-state index in [9.17, 15) is 13.6 Å². The van der Waals surface area contributed by atoms with Crippen molar-refractivity contribution >= 4 is 11.7 Å². The van der Waals surface area contributed by atoms with Crippen LogP contribution in [0.3, 0.4) is 0 Å². The molecule has 0 saturated heterocycles. The zero-order valence-corrected chi connectivity index (χ0v) is 20.8. The number of ether oxygens (including phenoxy) is 1. The Morgan fingerprint density at radius 3 is 2.51 bits per heavy atom. The van der Waals surface area contributed by atoms with Crippen molar-refractivity contribution in [1.82, 2.24) is 15.2 Å². The minimum atomic E-state index is -0.925. The van der Waals surface area contributed by atoms with Crippen molar-refractivity contribution < 1.29 is 18.3 Å². The third kappa shape index (κ3) is 5.54. The number of likely N-dealkylation sites (N-methyl/N-ethyl adjacent to an activating group) is 2. The van der Waals surface area contributed by atoms with Crippen LogP contribution < -0.4 is 15.0 Å². The largest absolute Gasteiger partial charge is 0.494 e. The number of rotatable bonds is 11. The van der Waals surface area contributed by atoms with Gasteiger partial charge in [-0.05, 0) is 64.3 Å². The normalized spacial score (nSPS) is 15.0. The number of halogens is 2. The van der Waals surface area contributed by atoms with Crippen LogP contribution in [-0.2, 0) is 10.3 Å². The molecular weight excluding hydrogens is 452 g/mol. The monoisotopic (exact) mass is 485 g/mol. The molecule has 1 aromatic carbocycles. The predicted octanol–water partition coefficient (Wildman–Crippen LogP) is 3.97. The summed E-state index contributed by atoms with van der Waals surface area (Å²) in [6, 6.07) is 8.03. The number of hydrogen-bond acceptors (Lipinski definition) is 6. The van der Waals surface area contributed by atoms with Gasteiger partial charge in [-0.15, -0.1) is 0 Å². The van der Waals surface area contributed by atoms with E-state index in [0.717, 1.165) is 12.2 Å². The molecule has 0 radical (unpaired) electrons.